The Labute approximate surface area is 155 Å². The summed E-state index contributed by atoms with van der Waals surface area (Å²) in [4.78, 5) is 16.9. The van der Waals surface area contributed by atoms with Crippen LogP contribution in [0.2, 0.25) is 0 Å². The number of amides is 1. The maximum atomic E-state index is 13.1. The van der Waals surface area contributed by atoms with Crippen LogP contribution in [0.4, 0.5) is 0 Å². The second-order valence-electron chi connectivity index (χ2n) is 7.06. The topological polar surface area (TPSA) is 70.2 Å². The highest BCUT2D eigenvalue weighted by atomic mass is 32.2. The Morgan fingerprint density at radius 1 is 1.12 bits per heavy atom. The molecule has 0 saturated carbocycles. The normalized spacial score (nSPS) is 22.9. The van der Waals surface area contributed by atoms with Gasteiger partial charge < -0.3 is 9.64 Å². The molecule has 0 bridgehead atoms. The van der Waals surface area contributed by atoms with Crippen LogP contribution in [0.25, 0.3) is 0 Å². The summed E-state index contributed by atoms with van der Waals surface area (Å²) in [5, 5.41) is 0. The summed E-state index contributed by atoms with van der Waals surface area (Å²) in [6.07, 6.45) is -0.450. The molecule has 0 unspecified atom stereocenters. The molecule has 1 aromatic rings. The smallest absolute Gasteiger partial charge is 0.244 e. The molecule has 0 aromatic heterocycles. The summed E-state index contributed by atoms with van der Waals surface area (Å²) in [6, 6.07) is 8.43. The van der Waals surface area contributed by atoms with Crippen molar-refractivity contribution in [2.45, 2.75) is 24.9 Å². The van der Waals surface area contributed by atoms with Crippen molar-refractivity contribution < 1.29 is 17.9 Å². The summed E-state index contributed by atoms with van der Waals surface area (Å²) in [6.45, 7) is 7.72. The fourth-order valence-electron chi connectivity index (χ4n) is 3.62. The zero-order chi connectivity index (χ0) is 18.7. The first-order chi connectivity index (χ1) is 12.4. The standard InChI is InChI=1S/C18H27N3O4S/c1-15(2)18-20(17(22)14-19-10-12-25-13-11-19)8-9-21(18)26(23,24)16-6-4-3-5-7-16/h3-7,15,18H,8-14H2,1-2H3/t18-/m0/s1. The van der Waals surface area contributed by atoms with Gasteiger partial charge in [0.15, 0.2) is 0 Å². The molecule has 2 fully saturated rings. The van der Waals surface area contributed by atoms with Crippen LogP contribution >= 0.6 is 0 Å². The van der Waals surface area contributed by atoms with Crippen LogP contribution in [0.1, 0.15) is 13.8 Å². The van der Waals surface area contributed by atoms with E-state index in [2.05, 4.69) is 4.90 Å². The highest BCUT2D eigenvalue weighted by molar-refractivity contribution is 7.89. The van der Waals surface area contributed by atoms with E-state index in [4.69, 9.17) is 4.74 Å². The number of hydrogen-bond donors (Lipinski definition) is 0. The van der Waals surface area contributed by atoms with Gasteiger partial charge in [-0.25, -0.2) is 8.42 Å². The van der Waals surface area contributed by atoms with Crippen molar-refractivity contribution in [1.82, 2.24) is 14.1 Å². The number of hydrogen-bond acceptors (Lipinski definition) is 5. The molecule has 2 aliphatic rings. The average molecular weight is 381 g/mol. The minimum Gasteiger partial charge on any atom is -0.379 e. The minimum absolute atomic E-state index is 0.00428. The van der Waals surface area contributed by atoms with Crippen LogP contribution in [0, 0.1) is 5.92 Å². The lowest BCUT2D eigenvalue weighted by Gasteiger charge is -2.34. The predicted molar refractivity (Wildman–Crippen MR) is 97.9 cm³/mol. The summed E-state index contributed by atoms with van der Waals surface area (Å²) < 4.78 is 32.9. The average Bonchev–Trinajstić information content (AvgIpc) is 3.10. The molecule has 26 heavy (non-hydrogen) atoms. The number of morpholine rings is 1. The number of sulfonamides is 1. The lowest BCUT2D eigenvalue weighted by Crippen LogP contribution is -2.51. The van der Waals surface area contributed by atoms with Gasteiger partial charge in [0.1, 0.15) is 6.17 Å². The first-order valence-electron chi connectivity index (χ1n) is 9.07. The third-order valence-electron chi connectivity index (χ3n) is 4.90. The van der Waals surface area contributed by atoms with E-state index >= 15 is 0 Å². The summed E-state index contributed by atoms with van der Waals surface area (Å²) in [5.41, 5.74) is 0. The van der Waals surface area contributed by atoms with E-state index in [-0.39, 0.29) is 16.7 Å². The number of rotatable bonds is 5. The van der Waals surface area contributed by atoms with Crippen molar-refractivity contribution in [2.75, 3.05) is 45.9 Å². The third kappa shape index (κ3) is 3.93. The van der Waals surface area contributed by atoms with Crippen LogP contribution in [0.3, 0.4) is 0 Å². The van der Waals surface area contributed by atoms with E-state index in [1.807, 2.05) is 13.8 Å². The largest absolute Gasteiger partial charge is 0.379 e. The van der Waals surface area contributed by atoms with E-state index in [9.17, 15) is 13.2 Å². The first-order valence-corrected chi connectivity index (χ1v) is 10.5. The van der Waals surface area contributed by atoms with Crippen molar-refractivity contribution in [1.29, 1.82) is 0 Å². The van der Waals surface area contributed by atoms with E-state index in [0.29, 0.717) is 32.8 Å². The van der Waals surface area contributed by atoms with Crippen molar-refractivity contribution in [3.8, 4) is 0 Å². The highest BCUT2D eigenvalue weighted by Crippen LogP contribution is 2.28. The van der Waals surface area contributed by atoms with Gasteiger partial charge in [-0.3, -0.25) is 9.69 Å². The second kappa shape index (κ2) is 8.04. The second-order valence-corrected chi connectivity index (χ2v) is 8.95. The SMILES string of the molecule is CC(C)[C@H]1N(C(=O)CN2CCOCC2)CCN1S(=O)(=O)c1ccccc1. The van der Waals surface area contributed by atoms with Gasteiger partial charge >= 0.3 is 0 Å². The molecule has 0 spiro atoms. The maximum absolute atomic E-state index is 13.1. The Morgan fingerprint density at radius 3 is 2.38 bits per heavy atom. The van der Waals surface area contributed by atoms with Crippen LogP contribution in [0.5, 0.6) is 0 Å². The predicted octanol–water partition coefficient (Wildman–Crippen LogP) is 0.834. The highest BCUT2D eigenvalue weighted by Gasteiger charge is 2.43. The molecule has 0 aliphatic carbocycles. The molecule has 1 amide bonds. The summed E-state index contributed by atoms with van der Waals surface area (Å²) >= 11 is 0. The third-order valence-corrected chi connectivity index (χ3v) is 6.79. The van der Waals surface area contributed by atoms with Crippen molar-refractivity contribution in [3.63, 3.8) is 0 Å². The van der Waals surface area contributed by atoms with Gasteiger partial charge in [-0.05, 0) is 18.1 Å². The quantitative estimate of drug-likeness (QED) is 0.756. The van der Waals surface area contributed by atoms with Crippen LogP contribution in [-0.2, 0) is 19.6 Å². The fourth-order valence-corrected chi connectivity index (χ4v) is 5.36. The lowest BCUT2D eigenvalue weighted by atomic mass is 10.1. The van der Waals surface area contributed by atoms with Gasteiger partial charge in [0.2, 0.25) is 15.9 Å². The summed E-state index contributed by atoms with van der Waals surface area (Å²) in [7, 11) is -3.63. The molecule has 1 atom stereocenters. The van der Waals surface area contributed by atoms with Gasteiger partial charge in [0, 0.05) is 26.2 Å². The molecular formula is C18H27N3O4S. The molecule has 7 nitrogen and oxygen atoms in total. The lowest BCUT2D eigenvalue weighted by molar-refractivity contribution is -0.136. The number of nitrogens with zero attached hydrogens (tertiary/aromatic N) is 3. The Hall–Kier alpha value is -1.48. The van der Waals surface area contributed by atoms with Crippen molar-refractivity contribution in [2.24, 2.45) is 5.92 Å². The molecule has 144 valence electrons. The zero-order valence-corrected chi connectivity index (χ0v) is 16.2. The van der Waals surface area contributed by atoms with Crippen LogP contribution in [-0.4, -0.2) is 80.5 Å². The van der Waals surface area contributed by atoms with E-state index in [1.54, 1.807) is 35.2 Å². The number of carbonyl (C=O) groups excluding carboxylic acids is 1. The fraction of sp³-hybridized carbons (Fsp3) is 0.611. The van der Waals surface area contributed by atoms with Crippen LogP contribution in [0.15, 0.2) is 35.2 Å². The van der Waals surface area contributed by atoms with E-state index < -0.39 is 16.2 Å². The molecule has 0 radical (unpaired) electrons. The van der Waals surface area contributed by atoms with Gasteiger partial charge in [-0.15, -0.1) is 0 Å². The van der Waals surface area contributed by atoms with Crippen molar-refractivity contribution in [3.05, 3.63) is 30.3 Å². The Kier molecular flexibility index (Phi) is 5.96. The summed E-state index contributed by atoms with van der Waals surface area (Å²) in [5.74, 6) is -0.0130. The monoisotopic (exact) mass is 381 g/mol. The Morgan fingerprint density at radius 2 is 1.77 bits per heavy atom. The number of carbonyl (C=O) groups is 1. The zero-order valence-electron chi connectivity index (χ0n) is 15.4. The van der Waals surface area contributed by atoms with Gasteiger partial charge in [-0.1, -0.05) is 32.0 Å². The van der Waals surface area contributed by atoms with E-state index in [0.717, 1.165) is 13.1 Å². The van der Waals surface area contributed by atoms with E-state index in [1.165, 1.54) is 4.31 Å². The van der Waals surface area contributed by atoms with Crippen molar-refractivity contribution >= 4 is 15.9 Å². The Balaban J connectivity index is 1.78. The Bertz CT molecular complexity index is 717. The molecule has 0 N–H and O–H groups in total. The number of ether oxygens (including phenoxy) is 1. The maximum Gasteiger partial charge on any atom is 0.244 e. The molecule has 3 rings (SSSR count). The molecule has 1 aromatic carbocycles. The minimum atomic E-state index is -3.63. The molecule has 2 saturated heterocycles. The molecular weight excluding hydrogens is 354 g/mol. The van der Waals surface area contributed by atoms with Crippen LogP contribution < -0.4 is 0 Å². The molecule has 8 heteroatoms. The van der Waals surface area contributed by atoms with Gasteiger partial charge in [0.25, 0.3) is 0 Å². The molecule has 2 heterocycles. The molecule has 2 aliphatic heterocycles. The van der Waals surface area contributed by atoms with Gasteiger partial charge in [-0.2, -0.15) is 4.31 Å². The first kappa shape index (κ1) is 19.3. The number of benzene rings is 1. The van der Waals surface area contributed by atoms with Gasteiger partial charge in [0.05, 0.1) is 24.7 Å².